The van der Waals surface area contributed by atoms with Crippen LogP contribution in [0.25, 0.3) is 5.57 Å². The lowest BCUT2D eigenvalue weighted by molar-refractivity contribution is -0.136. The molecular weight excluding hydrogens is 364 g/mol. The van der Waals surface area contributed by atoms with Gasteiger partial charge in [0.2, 0.25) is 0 Å². The molecule has 0 fully saturated rings. The number of nitrogens with zero attached hydrogens (tertiary/aromatic N) is 1. The van der Waals surface area contributed by atoms with Gasteiger partial charge in [0, 0.05) is 12.2 Å². The first kappa shape index (κ1) is 20.4. The van der Waals surface area contributed by atoms with Crippen LogP contribution in [0.2, 0.25) is 0 Å². The normalized spacial score (nSPS) is 14.0. The molecule has 1 N–H and O–H groups in total. The Hall–Kier alpha value is -3.34. The third-order valence-corrected chi connectivity index (χ3v) is 4.61. The van der Waals surface area contributed by atoms with Crippen LogP contribution in [0.15, 0.2) is 66.9 Å². The van der Waals surface area contributed by atoms with Crippen LogP contribution in [0.1, 0.15) is 25.0 Å². The fourth-order valence-electron chi connectivity index (χ4n) is 3.08. The molecule has 0 saturated carbocycles. The highest BCUT2D eigenvalue weighted by Crippen LogP contribution is 2.32. The highest BCUT2D eigenvalue weighted by molar-refractivity contribution is 6.36. The Bertz CT molecular complexity index is 958. The molecular formula is C24H26N2O3. The highest BCUT2D eigenvalue weighted by Gasteiger charge is 2.38. The van der Waals surface area contributed by atoms with Gasteiger partial charge in [-0.1, -0.05) is 50.3 Å². The smallest absolute Gasteiger partial charge is 0.278 e. The van der Waals surface area contributed by atoms with Crippen LogP contribution >= 0.6 is 0 Å². The Morgan fingerprint density at radius 3 is 2.38 bits per heavy atom. The summed E-state index contributed by atoms with van der Waals surface area (Å²) >= 11 is 0. The van der Waals surface area contributed by atoms with E-state index >= 15 is 0 Å². The summed E-state index contributed by atoms with van der Waals surface area (Å²) < 4.78 is 5.72. The number of para-hydroxylation sites is 1. The second-order valence-electron chi connectivity index (χ2n) is 7.43. The number of imide groups is 1. The zero-order valence-electron chi connectivity index (χ0n) is 17.1. The molecule has 2 aromatic rings. The van der Waals surface area contributed by atoms with Crippen molar-refractivity contribution in [3.63, 3.8) is 0 Å². The van der Waals surface area contributed by atoms with Crippen LogP contribution in [-0.4, -0.2) is 29.9 Å². The number of carbonyl (C=O) groups excluding carboxylic acids is 2. The van der Waals surface area contributed by atoms with Crippen molar-refractivity contribution in [3.8, 4) is 5.75 Å². The zero-order valence-corrected chi connectivity index (χ0v) is 17.1. The molecule has 1 aliphatic rings. The number of hydrogen-bond acceptors (Lipinski definition) is 4. The molecule has 2 amide bonds. The number of amides is 2. The number of nitrogens with one attached hydrogen (secondary N) is 1. The van der Waals surface area contributed by atoms with Crippen molar-refractivity contribution in [2.75, 3.05) is 18.5 Å². The first-order valence-electron chi connectivity index (χ1n) is 9.69. The van der Waals surface area contributed by atoms with E-state index in [9.17, 15) is 9.59 Å². The summed E-state index contributed by atoms with van der Waals surface area (Å²) in [5.74, 6) is 0.468. The van der Waals surface area contributed by atoms with Crippen LogP contribution in [0.4, 0.5) is 5.69 Å². The van der Waals surface area contributed by atoms with Crippen molar-refractivity contribution in [2.24, 2.45) is 5.92 Å². The van der Waals surface area contributed by atoms with Crippen LogP contribution in [-0.2, 0) is 9.59 Å². The van der Waals surface area contributed by atoms with E-state index in [1.807, 2.05) is 55.5 Å². The first-order chi connectivity index (χ1) is 13.9. The third-order valence-electron chi connectivity index (χ3n) is 4.61. The predicted molar refractivity (Wildman–Crippen MR) is 115 cm³/mol. The minimum Gasteiger partial charge on any atom is -0.493 e. The molecule has 1 heterocycles. The number of aryl methyl sites for hydroxylation is 1. The number of benzene rings is 2. The summed E-state index contributed by atoms with van der Waals surface area (Å²) in [6, 6.07) is 14.9. The fraction of sp³-hybridized carbons (Fsp3) is 0.250. The molecule has 0 aliphatic carbocycles. The van der Waals surface area contributed by atoms with E-state index in [1.165, 1.54) is 4.90 Å². The molecule has 150 valence electrons. The Labute approximate surface area is 171 Å². The Balaban J connectivity index is 1.98. The number of ether oxygens (including phenoxy) is 1. The second-order valence-corrected chi connectivity index (χ2v) is 7.43. The SMILES string of the molecule is C=CCN1C(=O)C(Nc2ccccc2C)=C(c2ccc(OCC(C)C)cc2)C1=O. The number of hydrogen-bond donors (Lipinski definition) is 1. The van der Waals surface area contributed by atoms with Crippen molar-refractivity contribution >= 4 is 23.1 Å². The maximum absolute atomic E-state index is 13.0. The summed E-state index contributed by atoms with van der Waals surface area (Å²) in [6.07, 6.45) is 1.55. The molecule has 0 aromatic heterocycles. The monoisotopic (exact) mass is 390 g/mol. The topological polar surface area (TPSA) is 58.6 Å². The maximum Gasteiger partial charge on any atom is 0.278 e. The lowest BCUT2D eigenvalue weighted by atomic mass is 10.0. The van der Waals surface area contributed by atoms with E-state index in [1.54, 1.807) is 6.08 Å². The van der Waals surface area contributed by atoms with Gasteiger partial charge in [-0.05, 0) is 42.2 Å². The minimum atomic E-state index is -0.353. The lowest BCUT2D eigenvalue weighted by Crippen LogP contribution is -2.32. The van der Waals surface area contributed by atoms with Crippen LogP contribution in [0.3, 0.4) is 0 Å². The molecule has 2 aromatic carbocycles. The standard InChI is InChI=1S/C24H26N2O3/c1-5-14-26-23(27)21(18-10-12-19(13-11-18)29-15-16(2)3)22(24(26)28)25-20-9-7-6-8-17(20)4/h5-13,16,25H,1,14-15H2,2-4H3. The molecule has 0 bridgehead atoms. The zero-order chi connectivity index (χ0) is 21.0. The molecule has 0 radical (unpaired) electrons. The Morgan fingerprint density at radius 1 is 1.07 bits per heavy atom. The van der Waals surface area contributed by atoms with Gasteiger partial charge < -0.3 is 10.1 Å². The Kier molecular flexibility index (Phi) is 6.17. The summed E-state index contributed by atoms with van der Waals surface area (Å²) in [7, 11) is 0. The van der Waals surface area contributed by atoms with Gasteiger partial charge in [-0.2, -0.15) is 0 Å². The van der Waals surface area contributed by atoms with Crippen molar-refractivity contribution < 1.29 is 14.3 Å². The van der Waals surface area contributed by atoms with E-state index in [-0.39, 0.29) is 24.1 Å². The van der Waals surface area contributed by atoms with Gasteiger partial charge in [0.1, 0.15) is 11.4 Å². The van der Waals surface area contributed by atoms with E-state index in [4.69, 9.17) is 4.74 Å². The van der Waals surface area contributed by atoms with Gasteiger partial charge in [-0.25, -0.2) is 0 Å². The summed E-state index contributed by atoms with van der Waals surface area (Å²) in [6.45, 7) is 10.6. The molecule has 0 spiro atoms. The van der Waals surface area contributed by atoms with Crippen molar-refractivity contribution in [1.82, 2.24) is 4.90 Å². The molecule has 29 heavy (non-hydrogen) atoms. The lowest BCUT2D eigenvalue weighted by Gasteiger charge is -2.13. The molecule has 5 heteroatoms. The molecule has 1 aliphatic heterocycles. The molecule has 0 unspecified atom stereocenters. The molecule has 0 atom stereocenters. The second kappa shape index (κ2) is 8.78. The van der Waals surface area contributed by atoms with Gasteiger partial charge in [0.05, 0.1) is 12.2 Å². The number of rotatable bonds is 8. The van der Waals surface area contributed by atoms with Crippen molar-refractivity contribution in [2.45, 2.75) is 20.8 Å². The Morgan fingerprint density at radius 2 is 1.76 bits per heavy atom. The third kappa shape index (κ3) is 4.40. The van der Waals surface area contributed by atoms with Crippen LogP contribution in [0, 0.1) is 12.8 Å². The largest absolute Gasteiger partial charge is 0.493 e. The van der Waals surface area contributed by atoms with Crippen molar-refractivity contribution in [1.29, 1.82) is 0 Å². The van der Waals surface area contributed by atoms with Gasteiger partial charge in [-0.3, -0.25) is 14.5 Å². The van der Waals surface area contributed by atoms with Crippen LogP contribution in [0.5, 0.6) is 5.75 Å². The predicted octanol–water partition coefficient (Wildman–Crippen LogP) is 4.41. The highest BCUT2D eigenvalue weighted by atomic mass is 16.5. The molecule has 5 nitrogen and oxygen atoms in total. The van der Waals surface area contributed by atoms with E-state index in [2.05, 4.69) is 25.7 Å². The quantitative estimate of drug-likeness (QED) is 0.536. The van der Waals surface area contributed by atoms with Gasteiger partial charge in [-0.15, -0.1) is 6.58 Å². The number of carbonyl (C=O) groups is 2. The van der Waals surface area contributed by atoms with E-state index < -0.39 is 0 Å². The first-order valence-corrected chi connectivity index (χ1v) is 9.69. The van der Waals surface area contributed by atoms with Gasteiger partial charge in [0.25, 0.3) is 11.8 Å². The summed E-state index contributed by atoms with van der Waals surface area (Å²) in [4.78, 5) is 27.2. The average molecular weight is 390 g/mol. The van der Waals surface area contributed by atoms with E-state index in [0.717, 1.165) is 17.0 Å². The van der Waals surface area contributed by atoms with Gasteiger partial charge in [0.15, 0.2) is 0 Å². The molecule has 0 saturated heterocycles. The van der Waals surface area contributed by atoms with E-state index in [0.29, 0.717) is 23.7 Å². The fourth-order valence-corrected chi connectivity index (χ4v) is 3.08. The average Bonchev–Trinajstić information content (AvgIpc) is 2.93. The maximum atomic E-state index is 13.0. The summed E-state index contributed by atoms with van der Waals surface area (Å²) in [5.41, 5.74) is 3.08. The minimum absolute atomic E-state index is 0.162. The summed E-state index contributed by atoms with van der Waals surface area (Å²) in [5, 5.41) is 3.18. The van der Waals surface area contributed by atoms with Crippen LogP contribution < -0.4 is 10.1 Å². The van der Waals surface area contributed by atoms with Gasteiger partial charge >= 0.3 is 0 Å². The van der Waals surface area contributed by atoms with Crippen molar-refractivity contribution in [3.05, 3.63) is 78.0 Å². The number of anilines is 1. The molecule has 3 rings (SSSR count).